The maximum absolute atomic E-state index is 10.9. The normalized spacial score (nSPS) is 18.4. The average molecular weight is 448 g/mol. The Morgan fingerprint density at radius 1 is 1.19 bits per heavy atom. The number of halogens is 1. The molecule has 0 spiro atoms. The molecule has 2 aromatic rings. The molecule has 1 heterocycles. The Bertz CT molecular complexity index is 887. The molecule has 0 bridgehead atoms. The SMILES string of the molecule is CCCCNc1ncc(-c2ccc(Cl)cc2CO)c(N[C@H]2CC[C@H](NC(=O)O)CC2)n1. The van der Waals surface area contributed by atoms with Gasteiger partial charge < -0.3 is 26.2 Å². The van der Waals surface area contributed by atoms with Crippen molar-refractivity contribution in [2.45, 2.75) is 64.1 Å². The van der Waals surface area contributed by atoms with Crippen LogP contribution in [-0.2, 0) is 6.61 Å². The number of unbranched alkanes of at least 4 members (excludes halogenated alkanes) is 1. The molecule has 1 aromatic heterocycles. The first-order chi connectivity index (χ1) is 15.0. The highest BCUT2D eigenvalue weighted by Gasteiger charge is 2.24. The molecular weight excluding hydrogens is 418 g/mol. The van der Waals surface area contributed by atoms with Gasteiger partial charge in [0.05, 0.1) is 6.61 Å². The maximum atomic E-state index is 10.9. The molecule has 1 aliphatic rings. The van der Waals surface area contributed by atoms with Crippen molar-refractivity contribution in [2.75, 3.05) is 17.2 Å². The second-order valence-corrected chi connectivity index (χ2v) is 8.27. The van der Waals surface area contributed by atoms with E-state index in [9.17, 15) is 9.90 Å². The number of carboxylic acid groups (broad SMARTS) is 1. The van der Waals surface area contributed by atoms with E-state index in [2.05, 4.69) is 27.9 Å². The predicted molar refractivity (Wildman–Crippen MR) is 123 cm³/mol. The molecule has 31 heavy (non-hydrogen) atoms. The highest BCUT2D eigenvalue weighted by Crippen LogP contribution is 2.33. The van der Waals surface area contributed by atoms with Gasteiger partial charge in [-0.25, -0.2) is 9.78 Å². The summed E-state index contributed by atoms with van der Waals surface area (Å²) in [5.74, 6) is 1.25. The summed E-state index contributed by atoms with van der Waals surface area (Å²) in [4.78, 5) is 20.1. The van der Waals surface area contributed by atoms with Crippen molar-refractivity contribution >= 4 is 29.5 Å². The smallest absolute Gasteiger partial charge is 0.404 e. The second kappa shape index (κ2) is 11.2. The quantitative estimate of drug-likeness (QED) is 0.359. The van der Waals surface area contributed by atoms with Crippen molar-refractivity contribution in [3.63, 3.8) is 0 Å². The summed E-state index contributed by atoms with van der Waals surface area (Å²) in [6, 6.07) is 5.57. The molecule has 0 atom stereocenters. The van der Waals surface area contributed by atoms with E-state index in [0.29, 0.717) is 22.4 Å². The van der Waals surface area contributed by atoms with Crippen LogP contribution in [0, 0.1) is 0 Å². The van der Waals surface area contributed by atoms with Gasteiger partial charge in [0, 0.05) is 35.4 Å². The molecule has 0 aliphatic heterocycles. The number of amides is 1. The molecule has 0 unspecified atom stereocenters. The average Bonchev–Trinajstić information content (AvgIpc) is 2.75. The van der Waals surface area contributed by atoms with Crippen LogP contribution in [0.25, 0.3) is 11.1 Å². The lowest BCUT2D eigenvalue weighted by molar-refractivity contribution is 0.185. The number of rotatable bonds is 9. The Kier molecular flexibility index (Phi) is 8.31. The number of aliphatic hydroxyl groups excluding tert-OH is 1. The van der Waals surface area contributed by atoms with Crippen molar-refractivity contribution in [3.8, 4) is 11.1 Å². The molecule has 1 fully saturated rings. The lowest BCUT2D eigenvalue weighted by Crippen LogP contribution is -2.39. The fourth-order valence-corrected chi connectivity index (χ4v) is 4.05. The van der Waals surface area contributed by atoms with Crippen LogP contribution in [0.15, 0.2) is 24.4 Å². The zero-order valence-electron chi connectivity index (χ0n) is 17.7. The molecule has 1 aromatic carbocycles. The predicted octanol–water partition coefficient (Wildman–Crippen LogP) is 4.49. The molecule has 0 saturated heterocycles. The monoisotopic (exact) mass is 447 g/mol. The third-order valence-corrected chi connectivity index (χ3v) is 5.76. The Labute approximate surface area is 187 Å². The molecule has 1 aliphatic carbocycles. The Morgan fingerprint density at radius 3 is 2.61 bits per heavy atom. The van der Waals surface area contributed by atoms with Gasteiger partial charge in [-0.15, -0.1) is 0 Å². The zero-order chi connectivity index (χ0) is 22.2. The largest absolute Gasteiger partial charge is 0.465 e. The van der Waals surface area contributed by atoms with Gasteiger partial charge in [-0.2, -0.15) is 4.98 Å². The number of benzene rings is 1. The van der Waals surface area contributed by atoms with Crippen LogP contribution in [0.3, 0.4) is 0 Å². The molecule has 1 amide bonds. The van der Waals surface area contributed by atoms with Gasteiger partial charge in [0.15, 0.2) is 0 Å². The first-order valence-electron chi connectivity index (χ1n) is 10.8. The second-order valence-electron chi connectivity index (χ2n) is 7.84. The number of carbonyl (C=O) groups is 1. The van der Waals surface area contributed by atoms with Crippen molar-refractivity contribution in [3.05, 3.63) is 35.0 Å². The molecule has 5 N–H and O–H groups in total. The summed E-state index contributed by atoms with van der Waals surface area (Å²) in [5, 5.41) is 28.7. The maximum Gasteiger partial charge on any atom is 0.404 e. The molecular formula is C22H30ClN5O3. The molecule has 168 valence electrons. The molecule has 9 heteroatoms. The minimum absolute atomic E-state index is 0.0102. The van der Waals surface area contributed by atoms with Crippen LogP contribution in [0.2, 0.25) is 5.02 Å². The van der Waals surface area contributed by atoms with Crippen molar-refractivity contribution in [1.82, 2.24) is 15.3 Å². The Morgan fingerprint density at radius 2 is 1.94 bits per heavy atom. The van der Waals surface area contributed by atoms with Gasteiger partial charge in [0.25, 0.3) is 0 Å². The van der Waals surface area contributed by atoms with Gasteiger partial charge >= 0.3 is 6.09 Å². The lowest BCUT2D eigenvalue weighted by Gasteiger charge is -2.30. The summed E-state index contributed by atoms with van der Waals surface area (Å²) in [5.41, 5.74) is 2.34. The minimum Gasteiger partial charge on any atom is -0.465 e. The summed E-state index contributed by atoms with van der Waals surface area (Å²) in [7, 11) is 0. The zero-order valence-corrected chi connectivity index (χ0v) is 18.5. The van der Waals surface area contributed by atoms with Crippen LogP contribution >= 0.6 is 11.6 Å². The fourth-order valence-electron chi connectivity index (χ4n) is 3.86. The van der Waals surface area contributed by atoms with Crippen molar-refractivity contribution in [1.29, 1.82) is 0 Å². The van der Waals surface area contributed by atoms with Gasteiger partial charge in [0.2, 0.25) is 5.95 Å². The van der Waals surface area contributed by atoms with E-state index in [1.165, 1.54) is 0 Å². The van der Waals surface area contributed by atoms with E-state index in [-0.39, 0.29) is 18.7 Å². The van der Waals surface area contributed by atoms with E-state index >= 15 is 0 Å². The third kappa shape index (κ3) is 6.45. The van der Waals surface area contributed by atoms with Gasteiger partial charge in [-0.1, -0.05) is 31.0 Å². The van der Waals surface area contributed by atoms with Crippen LogP contribution in [-0.4, -0.2) is 44.9 Å². The van der Waals surface area contributed by atoms with Crippen LogP contribution in [0.4, 0.5) is 16.6 Å². The molecule has 0 radical (unpaired) electrons. The van der Waals surface area contributed by atoms with Crippen LogP contribution in [0.1, 0.15) is 51.0 Å². The number of nitrogens with zero attached hydrogens (tertiary/aromatic N) is 2. The lowest BCUT2D eigenvalue weighted by atomic mass is 9.91. The molecule has 8 nitrogen and oxygen atoms in total. The number of nitrogens with one attached hydrogen (secondary N) is 3. The van der Waals surface area contributed by atoms with Gasteiger partial charge in [-0.05, 0) is 55.4 Å². The standard InChI is InChI=1S/C22H30ClN5O3/c1-2-3-10-24-21-25-12-19(18-9-4-15(23)11-14(18)13-29)20(28-21)26-16-5-7-17(8-6-16)27-22(30)31/h4,9,11-12,16-17,27,29H,2-3,5-8,10,13H2,1H3,(H,30,31)(H2,24,25,26,28)/t16-,17-. The topological polar surface area (TPSA) is 119 Å². The summed E-state index contributed by atoms with van der Waals surface area (Å²) in [6.45, 7) is 2.78. The van der Waals surface area contributed by atoms with E-state index in [4.69, 9.17) is 21.7 Å². The highest BCUT2D eigenvalue weighted by atomic mass is 35.5. The fraction of sp³-hybridized carbons (Fsp3) is 0.500. The molecule has 1 saturated carbocycles. The first kappa shape index (κ1) is 23.1. The van der Waals surface area contributed by atoms with Crippen LogP contribution < -0.4 is 16.0 Å². The van der Waals surface area contributed by atoms with Crippen molar-refractivity contribution < 1.29 is 15.0 Å². The van der Waals surface area contributed by atoms with E-state index < -0.39 is 6.09 Å². The number of hydrogen-bond acceptors (Lipinski definition) is 6. The third-order valence-electron chi connectivity index (χ3n) is 5.53. The van der Waals surface area contributed by atoms with E-state index in [1.54, 1.807) is 18.3 Å². The van der Waals surface area contributed by atoms with Crippen LogP contribution in [0.5, 0.6) is 0 Å². The van der Waals surface area contributed by atoms with E-state index in [1.807, 2.05) is 6.07 Å². The number of aromatic nitrogens is 2. The van der Waals surface area contributed by atoms with Crippen molar-refractivity contribution in [2.24, 2.45) is 0 Å². The number of hydrogen-bond donors (Lipinski definition) is 5. The highest BCUT2D eigenvalue weighted by molar-refractivity contribution is 6.30. The first-order valence-corrected chi connectivity index (χ1v) is 11.1. The summed E-state index contributed by atoms with van der Waals surface area (Å²) >= 11 is 6.11. The molecule has 3 rings (SSSR count). The Balaban J connectivity index is 1.83. The Hall–Kier alpha value is -2.58. The minimum atomic E-state index is -0.975. The summed E-state index contributed by atoms with van der Waals surface area (Å²) in [6.07, 6.45) is 6.11. The number of anilines is 2. The van der Waals surface area contributed by atoms with Gasteiger partial charge in [-0.3, -0.25) is 0 Å². The summed E-state index contributed by atoms with van der Waals surface area (Å²) < 4.78 is 0. The van der Waals surface area contributed by atoms with Gasteiger partial charge in [0.1, 0.15) is 5.82 Å². The number of aliphatic hydroxyl groups is 1. The van der Waals surface area contributed by atoms with E-state index in [0.717, 1.165) is 56.2 Å².